The number of non-ortho nitro benzene ring substituents is 1. The third-order valence-corrected chi connectivity index (χ3v) is 5.11. The van der Waals surface area contributed by atoms with E-state index in [4.69, 9.17) is 10.2 Å². The molecule has 172 valence electrons. The van der Waals surface area contributed by atoms with Gasteiger partial charge in [0, 0.05) is 29.1 Å². The molecule has 0 aliphatic heterocycles. The highest BCUT2D eigenvalue weighted by atomic mass is 16.6. The van der Waals surface area contributed by atoms with Crippen molar-refractivity contribution in [2.45, 2.75) is 39.0 Å². The normalized spacial score (nSPS) is 11.5. The molecule has 2 aromatic carbocycles. The highest BCUT2D eigenvalue weighted by Gasteiger charge is 2.14. The van der Waals surface area contributed by atoms with Crippen LogP contribution < -0.4 is 16.7 Å². The summed E-state index contributed by atoms with van der Waals surface area (Å²) >= 11 is 0. The van der Waals surface area contributed by atoms with E-state index < -0.39 is 16.7 Å². The number of nitrogens with two attached hydrogens (primary N) is 1. The standard InChI is InChI=1S/C23H24N4O6/c1-2-3-4-5-6-15-11-16-12-18(21(24)29)23(33-20(16)13-19(15)28)26-25-22(30)14-7-9-17(10-8-14)27(31)32/h7-13,28H,2-6H2,1H3,(H2,24,29)(H,25,30)/b26-23-. The summed E-state index contributed by atoms with van der Waals surface area (Å²) in [6.07, 6.45) is 4.89. The molecule has 3 aromatic rings. The summed E-state index contributed by atoms with van der Waals surface area (Å²) in [4.78, 5) is 34.4. The summed E-state index contributed by atoms with van der Waals surface area (Å²) < 4.78 is 5.64. The zero-order valence-corrected chi connectivity index (χ0v) is 18.0. The van der Waals surface area contributed by atoms with E-state index in [0.29, 0.717) is 11.8 Å². The Kier molecular flexibility index (Phi) is 7.39. The lowest BCUT2D eigenvalue weighted by atomic mass is 10.0. The first-order valence-electron chi connectivity index (χ1n) is 10.5. The number of amides is 2. The molecule has 0 fully saturated rings. The number of aromatic hydroxyl groups is 1. The van der Waals surface area contributed by atoms with Crippen LogP contribution in [0.1, 0.15) is 58.9 Å². The Bertz CT molecular complexity index is 1260. The largest absolute Gasteiger partial charge is 0.508 e. The van der Waals surface area contributed by atoms with Gasteiger partial charge in [0.2, 0.25) is 5.55 Å². The van der Waals surface area contributed by atoms with Crippen molar-refractivity contribution >= 4 is 28.5 Å². The fraction of sp³-hybridized carbons (Fsp3) is 0.261. The number of rotatable bonds is 9. The maximum Gasteiger partial charge on any atom is 0.271 e. The topological polar surface area (TPSA) is 161 Å². The van der Waals surface area contributed by atoms with E-state index >= 15 is 0 Å². The molecule has 0 spiro atoms. The molecule has 3 rings (SSSR count). The maximum absolute atomic E-state index is 12.3. The SMILES string of the molecule is CCCCCCc1cc2cc(C(N)=O)/c(=N/NC(=O)c3ccc([N+](=O)[O-])cc3)oc2cc1O. The first kappa shape index (κ1) is 23.5. The number of hydrogen-bond acceptors (Lipinski definition) is 7. The summed E-state index contributed by atoms with van der Waals surface area (Å²) in [5.41, 5.74) is 8.39. The molecule has 10 nitrogen and oxygen atoms in total. The molecule has 4 N–H and O–H groups in total. The molecule has 0 bridgehead atoms. The van der Waals surface area contributed by atoms with Gasteiger partial charge in [0.1, 0.15) is 16.9 Å². The van der Waals surface area contributed by atoms with Crippen molar-refractivity contribution in [3.8, 4) is 5.75 Å². The lowest BCUT2D eigenvalue weighted by Crippen LogP contribution is -2.27. The molecular weight excluding hydrogens is 428 g/mol. The number of phenolic OH excluding ortho intramolecular Hbond substituents is 1. The van der Waals surface area contributed by atoms with Gasteiger partial charge in [-0.25, -0.2) is 5.43 Å². The number of carbonyl (C=O) groups is 2. The number of nitrogens with zero attached hydrogens (tertiary/aromatic N) is 2. The zero-order chi connectivity index (χ0) is 24.0. The van der Waals surface area contributed by atoms with Gasteiger partial charge >= 0.3 is 0 Å². The van der Waals surface area contributed by atoms with Gasteiger partial charge in [-0.1, -0.05) is 26.2 Å². The number of hydrogen-bond donors (Lipinski definition) is 3. The van der Waals surface area contributed by atoms with E-state index in [1.54, 1.807) is 6.07 Å². The van der Waals surface area contributed by atoms with Gasteiger partial charge in [-0.3, -0.25) is 19.7 Å². The van der Waals surface area contributed by atoms with Crippen molar-refractivity contribution in [2.24, 2.45) is 10.8 Å². The van der Waals surface area contributed by atoms with E-state index in [1.165, 1.54) is 36.4 Å². The predicted octanol–water partition coefficient (Wildman–Crippen LogP) is 3.51. The average Bonchev–Trinajstić information content (AvgIpc) is 2.80. The number of benzene rings is 2. The Labute approximate surface area is 188 Å². The molecule has 33 heavy (non-hydrogen) atoms. The van der Waals surface area contributed by atoms with Crippen LogP contribution in [0.3, 0.4) is 0 Å². The minimum atomic E-state index is -0.804. The van der Waals surface area contributed by atoms with Crippen LogP contribution in [0, 0.1) is 10.1 Å². The van der Waals surface area contributed by atoms with Gasteiger partial charge in [-0.15, -0.1) is 5.10 Å². The van der Waals surface area contributed by atoms with Crippen LogP contribution >= 0.6 is 0 Å². The smallest absolute Gasteiger partial charge is 0.271 e. The highest BCUT2D eigenvalue weighted by molar-refractivity contribution is 5.96. The van der Waals surface area contributed by atoms with Crippen molar-refractivity contribution in [2.75, 3.05) is 0 Å². The zero-order valence-electron chi connectivity index (χ0n) is 18.0. The summed E-state index contributed by atoms with van der Waals surface area (Å²) in [7, 11) is 0. The molecule has 0 radical (unpaired) electrons. The van der Waals surface area contributed by atoms with Crippen molar-refractivity contribution in [1.29, 1.82) is 0 Å². The second kappa shape index (κ2) is 10.4. The number of unbranched alkanes of at least 4 members (excludes halogenated alkanes) is 3. The first-order chi connectivity index (χ1) is 15.8. The highest BCUT2D eigenvalue weighted by Crippen LogP contribution is 2.26. The fourth-order valence-electron chi connectivity index (χ4n) is 3.31. The average molecular weight is 452 g/mol. The lowest BCUT2D eigenvalue weighted by molar-refractivity contribution is -0.384. The maximum atomic E-state index is 12.3. The Balaban J connectivity index is 1.90. The molecular formula is C23H24N4O6. The van der Waals surface area contributed by atoms with Crippen LogP contribution in [0.4, 0.5) is 5.69 Å². The summed E-state index contributed by atoms with van der Waals surface area (Å²) in [6, 6.07) is 9.59. The van der Waals surface area contributed by atoms with Gasteiger partial charge < -0.3 is 15.3 Å². The summed E-state index contributed by atoms with van der Waals surface area (Å²) in [5, 5.41) is 25.5. The lowest BCUT2D eigenvalue weighted by Gasteiger charge is -2.08. The molecule has 2 amide bonds. The molecule has 1 aromatic heterocycles. The Morgan fingerprint density at radius 1 is 1.15 bits per heavy atom. The van der Waals surface area contributed by atoms with E-state index in [2.05, 4.69) is 17.5 Å². The first-order valence-corrected chi connectivity index (χ1v) is 10.5. The molecule has 0 unspecified atom stereocenters. The molecule has 0 atom stereocenters. The number of fused-ring (bicyclic) bond motifs is 1. The van der Waals surface area contributed by atoms with Gasteiger partial charge in [0.15, 0.2) is 0 Å². The quantitative estimate of drug-likeness (QED) is 0.256. The monoisotopic (exact) mass is 452 g/mol. The Hall–Kier alpha value is -4.21. The van der Waals surface area contributed by atoms with Gasteiger partial charge in [-0.05, 0) is 42.7 Å². The van der Waals surface area contributed by atoms with E-state index in [-0.39, 0.29) is 33.7 Å². The van der Waals surface area contributed by atoms with Crippen molar-refractivity contribution in [3.05, 3.63) is 74.8 Å². The van der Waals surface area contributed by atoms with Crippen LogP contribution in [0.15, 0.2) is 52.0 Å². The summed E-state index contributed by atoms with van der Waals surface area (Å²) in [5.74, 6) is -1.40. The molecule has 0 saturated heterocycles. The minimum absolute atomic E-state index is 0.0471. The molecule has 0 aliphatic carbocycles. The van der Waals surface area contributed by atoms with Crippen LogP contribution in [-0.4, -0.2) is 21.8 Å². The van der Waals surface area contributed by atoms with Crippen LogP contribution in [0.5, 0.6) is 5.75 Å². The second-order valence-electron chi connectivity index (χ2n) is 7.52. The Morgan fingerprint density at radius 2 is 1.88 bits per heavy atom. The third kappa shape index (κ3) is 5.73. The minimum Gasteiger partial charge on any atom is -0.508 e. The third-order valence-electron chi connectivity index (χ3n) is 5.11. The number of carbonyl (C=O) groups excluding carboxylic acids is 2. The molecule has 10 heteroatoms. The van der Waals surface area contributed by atoms with Gasteiger partial charge in [0.05, 0.1) is 4.92 Å². The molecule has 0 aliphatic rings. The Morgan fingerprint density at radius 3 is 2.52 bits per heavy atom. The van der Waals surface area contributed by atoms with E-state index in [0.717, 1.165) is 31.2 Å². The van der Waals surface area contributed by atoms with Crippen molar-refractivity contribution in [3.63, 3.8) is 0 Å². The van der Waals surface area contributed by atoms with Gasteiger partial charge in [-0.2, -0.15) is 0 Å². The number of primary amides is 1. The van der Waals surface area contributed by atoms with Crippen molar-refractivity contribution < 1.29 is 24.0 Å². The van der Waals surface area contributed by atoms with E-state index in [9.17, 15) is 24.8 Å². The van der Waals surface area contributed by atoms with E-state index in [1.807, 2.05) is 0 Å². The fourth-order valence-corrected chi connectivity index (χ4v) is 3.31. The van der Waals surface area contributed by atoms with Crippen molar-refractivity contribution in [1.82, 2.24) is 5.43 Å². The number of phenols is 1. The number of nitro benzene ring substituents is 1. The van der Waals surface area contributed by atoms with Crippen LogP contribution in [0.2, 0.25) is 0 Å². The number of nitro groups is 1. The number of nitrogens with one attached hydrogen (secondary N) is 1. The van der Waals surface area contributed by atoms with Crippen LogP contribution in [-0.2, 0) is 6.42 Å². The molecule has 1 heterocycles. The second-order valence-corrected chi connectivity index (χ2v) is 7.52. The predicted molar refractivity (Wildman–Crippen MR) is 120 cm³/mol. The van der Waals surface area contributed by atoms with Crippen LogP contribution in [0.25, 0.3) is 11.0 Å². The molecule has 0 saturated carbocycles. The summed E-state index contributed by atoms with van der Waals surface area (Å²) in [6.45, 7) is 2.12. The van der Waals surface area contributed by atoms with Gasteiger partial charge in [0.25, 0.3) is 17.5 Å². The number of aryl methyl sites for hydroxylation is 1.